The van der Waals surface area contributed by atoms with Crippen molar-refractivity contribution in [3.63, 3.8) is 0 Å². The molecule has 10 nitrogen and oxygen atoms in total. The Kier molecular flexibility index (Phi) is 7.78. The van der Waals surface area contributed by atoms with Crippen LogP contribution in [-0.2, 0) is 14.3 Å². The molecule has 0 spiro atoms. The minimum atomic E-state index is -0.852. The summed E-state index contributed by atoms with van der Waals surface area (Å²) in [6.45, 7) is 3.70. The molecule has 1 aromatic carbocycles. The lowest BCUT2D eigenvalue weighted by molar-refractivity contribution is -0.119. The van der Waals surface area contributed by atoms with Gasteiger partial charge in [-0.1, -0.05) is 6.07 Å². The van der Waals surface area contributed by atoms with Gasteiger partial charge >= 0.3 is 11.9 Å². The number of amides is 1. The summed E-state index contributed by atoms with van der Waals surface area (Å²) in [5, 5.41) is 2.33. The first-order valence-corrected chi connectivity index (χ1v) is 9.24. The molecule has 31 heavy (non-hydrogen) atoms. The Labute approximate surface area is 178 Å². The number of hydrogen-bond donors (Lipinski definition) is 1. The van der Waals surface area contributed by atoms with Gasteiger partial charge in [-0.15, -0.1) is 0 Å². The molecule has 2 aromatic rings. The van der Waals surface area contributed by atoms with E-state index in [4.69, 9.17) is 23.4 Å². The number of hydrogen-bond acceptors (Lipinski definition) is 9. The molecule has 1 N–H and O–H groups in total. The van der Waals surface area contributed by atoms with Gasteiger partial charge in [0.25, 0.3) is 5.91 Å². The third-order valence-corrected chi connectivity index (χ3v) is 4.14. The van der Waals surface area contributed by atoms with Crippen molar-refractivity contribution in [2.45, 2.75) is 20.8 Å². The van der Waals surface area contributed by atoms with Crippen LogP contribution < -0.4 is 14.8 Å². The lowest BCUT2D eigenvalue weighted by atomic mass is 10.1. The van der Waals surface area contributed by atoms with Crippen molar-refractivity contribution in [3.8, 4) is 11.5 Å². The number of carbonyl (C=O) groups is 4. The first kappa shape index (κ1) is 23.5. The summed E-state index contributed by atoms with van der Waals surface area (Å²) >= 11 is 0. The minimum Gasteiger partial charge on any atom is -0.496 e. The SMILES string of the molecule is CCOC(=O)c1c(NC(=O)COC(=O)c2c(OC)cccc2OC)oc(C)c1C(C)=O. The van der Waals surface area contributed by atoms with E-state index in [-0.39, 0.29) is 46.4 Å². The summed E-state index contributed by atoms with van der Waals surface area (Å²) < 4.78 is 25.6. The zero-order valence-corrected chi connectivity index (χ0v) is 17.8. The fourth-order valence-corrected chi connectivity index (χ4v) is 2.87. The summed E-state index contributed by atoms with van der Waals surface area (Å²) in [5.74, 6) is -2.61. The quantitative estimate of drug-likeness (QED) is 0.468. The summed E-state index contributed by atoms with van der Waals surface area (Å²) in [6.07, 6.45) is 0. The van der Waals surface area contributed by atoms with Gasteiger partial charge in [-0.3, -0.25) is 14.9 Å². The number of nitrogens with one attached hydrogen (secondary N) is 1. The molecule has 0 unspecified atom stereocenters. The number of furan rings is 1. The zero-order valence-electron chi connectivity index (χ0n) is 17.8. The highest BCUT2D eigenvalue weighted by Crippen LogP contribution is 2.30. The molecule has 10 heteroatoms. The second-order valence-electron chi connectivity index (χ2n) is 6.18. The van der Waals surface area contributed by atoms with Crippen LogP contribution in [0.5, 0.6) is 11.5 Å². The lowest BCUT2D eigenvalue weighted by Gasteiger charge is -2.12. The van der Waals surface area contributed by atoms with Gasteiger partial charge in [0, 0.05) is 0 Å². The van der Waals surface area contributed by atoms with Gasteiger partial charge in [-0.05, 0) is 32.9 Å². The predicted octanol–water partition coefficient (Wildman–Crippen LogP) is 2.78. The summed E-state index contributed by atoms with van der Waals surface area (Å²) in [5.41, 5.74) is -0.178. The monoisotopic (exact) mass is 433 g/mol. The maximum Gasteiger partial charge on any atom is 0.346 e. The van der Waals surface area contributed by atoms with Gasteiger partial charge in [0.2, 0.25) is 5.88 Å². The molecular weight excluding hydrogens is 410 g/mol. The van der Waals surface area contributed by atoms with Crippen LogP contribution in [0, 0.1) is 6.92 Å². The number of carbonyl (C=O) groups excluding carboxylic acids is 4. The van der Waals surface area contributed by atoms with Crippen LogP contribution in [0.2, 0.25) is 0 Å². The second kappa shape index (κ2) is 10.3. The largest absolute Gasteiger partial charge is 0.496 e. The zero-order chi connectivity index (χ0) is 23.1. The van der Waals surface area contributed by atoms with E-state index in [0.29, 0.717) is 0 Å². The van der Waals surface area contributed by atoms with Crippen molar-refractivity contribution in [3.05, 3.63) is 40.6 Å². The highest BCUT2D eigenvalue weighted by atomic mass is 16.5. The van der Waals surface area contributed by atoms with Gasteiger partial charge < -0.3 is 23.4 Å². The molecule has 1 amide bonds. The fraction of sp³-hybridized carbons (Fsp3) is 0.333. The molecule has 0 bridgehead atoms. The third kappa shape index (κ3) is 5.21. The van der Waals surface area contributed by atoms with Crippen LogP contribution in [0.25, 0.3) is 0 Å². The van der Waals surface area contributed by atoms with Crippen molar-refractivity contribution in [1.29, 1.82) is 0 Å². The number of anilines is 1. The molecule has 0 aliphatic carbocycles. The summed E-state index contributed by atoms with van der Waals surface area (Å²) in [4.78, 5) is 49.0. The molecule has 1 aromatic heterocycles. The van der Waals surface area contributed by atoms with E-state index in [1.807, 2.05) is 0 Å². The van der Waals surface area contributed by atoms with E-state index in [9.17, 15) is 19.2 Å². The first-order chi connectivity index (χ1) is 14.7. The lowest BCUT2D eigenvalue weighted by Crippen LogP contribution is -2.22. The topological polar surface area (TPSA) is 130 Å². The Bertz CT molecular complexity index is 984. The maximum atomic E-state index is 12.5. The van der Waals surface area contributed by atoms with Crippen LogP contribution in [0.4, 0.5) is 5.88 Å². The molecule has 0 radical (unpaired) electrons. The molecule has 1 heterocycles. The number of aryl methyl sites for hydroxylation is 1. The maximum absolute atomic E-state index is 12.5. The van der Waals surface area contributed by atoms with Crippen LogP contribution in [0.3, 0.4) is 0 Å². The van der Waals surface area contributed by atoms with Crippen LogP contribution >= 0.6 is 0 Å². The molecule has 0 fully saturated rings. The van der Waals surface area contributed by atoms with Crippen molar-refractivity contribution < 1.29 is 42.5 Å². The van der Waals surface area contributed by atoms with Crippen molar-refractivity contribution in [2.75, 3.05) is 32.8 Å². The normalized spacial score (nSPS) is 10.2. The van der Waals surface area contributed by atoms with Gasteiger partial charge in [0.05, 0.1) is 26.4 Å². The molecule has 0 saturated carbocycles. The van der Waals surface area contributed by atoms with Crippen LogP contribution in [0.15, 0.2) is 22.6 Å². The van der Waals surface area contributed by atoms with E-state index >= 15 is 0 Å². The third-order valence-electron chi connectivity index (χ3n) is 4.14. The number of ketones is 1. The predicted molar refractivity (Wildman–Crippen MR) is 108 cm³/mol. The molecular formula is C21H23NO9. The van der Waals surface area contributed by atoms with E-state index in [1.165, 1.54) is 28.1 Å². The van der Waals surface area contributed by atoms with Crippen molar-refractivity contribution in [1.82, 2.24) is 0 Å². The fourth-order valence-electron chi connectivity index (χ4n) is 2.87. The van der Waals surface area contributed by atoms with Gasteiger partial charge in [0.1, 0.15) is 28.4 Å². The van der Waals surface area contributed by atoms with E-state index < -0.39 is 30.2 Å². The standard InChI is InChI=1S/C21H23NO9/c1-6-29-21(26)18-16(11(2)23)12(3)31-19(18)22-15(24)10-30-20(25)17-13(27-4)8-7-9-14(17)28-5/h7-9H,6,10H2,1-5H3,(H,22,24). The number of ether oxygens (including phenoxy) is 4. The highest BCUT2D eigenvalue weighted by Gasteiger charge is 2.29. The summed E-state index contributed by atoms with van der Waals surface area (Å²) in [6, 6.07) is 4.71. The molecule has 0 saturated heterocycles. The Hall–Kier alpha value is -3.82. The number of rotatable bonds is 9. The van der Waals surface area contributed by atoms with Crippen LogP contribution in [0.1, 0.15) is 50.7 Å². The highest BCUT2D eigenvalue weighted by molar-refractivity contribution is 6.11. The summed E-state index contributed by atoms with van der Waals surface area (Å²) in [7, 11) is 2.75. The van der Waals surface area contributed by atoms with E-state index in [1.54, 1.807) is 25.1 Å². The Morgan fingerprint density at radius 1 is 0.935 bits per heavy atom. The average Bonchev–Trinajstić information content (AvgIpc) is 3.07. The minimum absolute atomic E-state index is 0.00417. The molecule has 0 atom stereocenters. The molecule has 166 valence electrons. The van der Waals surface area contributed by atoms with Gasteiger partial charge in [0.15, 0.2) is 12.4 Å². The molecule has 0 aliphatic heterocycles. The molecule has 2 rings (SSSR count). The second-order valence-corrected chi connectivity index (χ2v) is 6.18. The van der Waals surface area contributed by atoms with Crippen LogP contribution in [-0.4, -0.2) is 51.1 Å². The van der Waals surface area contributed by atoms with E-state index in [2.05, 4.69) is 5.32 Å². The first-order valence-electron chi connectivity index (χ1n) is 9.24. The number of benzene rings is 1. The average molecular weight is 433 g/mol. The Morgan fingerprint density at radius 3 is 2.03 bits per heavy atom. The Morgan fingerprint density at radius 2 is 1.52 bits per heavy atom. The Balaban J connectivity index is 2.19. The molecule has 0 aliphatic rings. The van der Waals surface area contributed by atoms with Gasteiger partial charge in [-0.25, -0.2) is 9.59 Å². The number of Topliss-reactive ketones (excluding diaryl/α,β-unsaturated/α-hetero) is 1. The van der Waals surface area contributed by atoms with Crippen molar-refractivity contribution >= 4 is 29.5 Å². The smallest absolute Gasteiger partial charge is 0.346 e. The van der Waals surface area contributed by atoms with E-state index in [0.717, 1.165) is 0 Å². The number of esters is 2. The number of methoxy groups -OCH3 is 2. The van der Waals surface area contributed by atoms with Crippen molar-refractivity contribution in [2.24, 2.45) is 0 Å². The van der Waals surface area contributed by atoms with Gasteiger partial charge in [-0.2, -0.15) is 0 Å².